The lowest BCUT2D eigenvalue weighted by Crippen LogP contribution is -2.31. The molecule has 1 amide bonds. The molecule has 0 spiro atoms. The summed E-state index contributed by atoms with van der Waals surface area (Å²) in [5.74, 6) is -1.87. The molecule has 0 saturated carbocycles. The van der Waals surface area contributed by atoms with Crippen LogP contribution in [0.3, 0.4) is 0 Å². The molecular weight excluding hydrogens is 482 g/mol. The number of rotatable bonds is 4. The van der Waals surface area contributed by atoms with Gasteiger partial charge in [0.15, 0.2) is 0 Å². The molecule has 1 saturated heterocycles. The number of hydrogen-bond donors (Lipinski definition) is 1. The van der Waals surface area contributed by atoms with Gasteiger partial charge in [-0.1, -0.05) is 70.5 Å². The summed E-state index contributed by atoms with van der Waals surface area (Å²) in [7, 11) is 0. The zero-order valence-electron chi connectivity index (χ0n) is 18.2. The molecule has 2 atom stereocenters. The molecule has 1 aliphatic heterocycles. The number of amides is 1. The Kier molecular flexibility index (Phi) is 5.71. The number of benzene rings is 3. The third-order valence-corrected chi connectivity index (χ3v) is 7.18. The maximum atomic E-state index is 13.0. The van der Waals surface area contributed by atoms with Crippen molar-refractivity contribution in [3.05, 3.63) is 93.5 Å². The normalized spacial score (nSPS) is 19.3. The van der Waals surface area contributed by atoms with Crippen LogP contribution >= 0.6 is 15.9 Å². The minimum atomic E-state index is -0.897. The highest BCUT2D eigenvalue weighted by molar-refractivity contribution is 9.10. The Hall–Kier alpha value is -3.12. The zero-order chi connectivity index (χ0) is 23.1. The highest BCUT2D eigenvalue weighted by atomic mass is 79.9. The molecule has 1 aliphatic carbocycles. The maximum absolute atomic E-state index is 13.0. The number of nitrogens with zero attached hydrogens (tertiary/aromatic N) is 1. The number of carbonyl (C=O) groups excluding carboxylic acids is 1. The zero-order valence-corrected chi connectivity index (χ0v) is 19.8. The Morgan fingerprint density at radius 1 is 1.00 bits per heavy atom. The smallest absolute Gasteiger partial charge is 0.409 e. The van der Waals surface area contributed by atoms with Crippen LogP contribution in [0.15, 0.2) is 71.2 Å². The second kappa shape index (κ2) is 8.67. The van der Waals surface area contributed by atoms with Crippen LogP contribution in [0.1, 0.15) is 34.1 Å². The number of carbonyl (C=O) groups is 2. The van der Waals surface area contributed by atoms with Gasteiger partial charge in [-0.15, -0.1) is 0 Å². The van der Waals surface area contributed by atoms with Gasteiger partial charge in [-0.3, -0.25) is 4.79 Å². The predicted molar refractivity (Wildman–Crippen MR) is 129 cm³/mol. The van der Waals surface area contributed by atoms with E-state index in [1.165, 1.54) is 16.0 Å². The van der Waals surface area contributed by atoms with Crippen LogP contribution in [0.5, 0.6) is 0 Å². The van der Waals surface area contributed by atoms with E-state index in [9.17, 15) is 14.7 Å². The van der Waals surface area contributed by atoms with Crippen LogP contribution in [-0.2, 0) is 9.53 Å². The largest absolute Gasteiger partial charge is 0.481 e. The van der Waals surface area contributed by atoms with Crippen molar-refractivity contribution in [3.63, 3.8) is 0 Å². The summed E-state index contributed by atoms with van der Waals surface area (Å²) in [6.45, 7) is 2.66. The average molecular weight is 506 g/mol. The molecule has 33 heavy (non-hydrogen) atoms. The molecule has 6 heteroatoms. The van der Waals surface area contributed by atoms with Crippen molar-refractivity contribution in [1.29, 1.82) is 0 Å². The van der Waals surface area contributed by atoms with Crippen LogP contribution in [0.2, 0.25) is 0 Å². The van der Waals surface area contributed by atoms with Gasteiger partial charge in [0, 0.05) is 29.4 Å². The topological polar surface area (TPSA) is 66.8 Å². The van der Waals surface area contributed by atoms with Gasteiger partial charge in [-0.2, -0.15) is 0 Å². The summed E-state index contributed by atoms with van der Waals surface area (Å²) in [4.78, 5) is 26.5. The lowest BCUT2D eigenvalue weighted by atomic mass is 9.88. The molecule has 3 aromatic carbocycles. The minimum Gasteiger partial charge on any atom is -0.481 e. The second-order valence-corrected chi connectivity index (χ2v) is 9.74. The Bertz CT molecular complexity index is 1170. The molecule has 1 heterocycles. The van der Waals surface area contributed by atoms with Gasteiger partial charge in [-0.05, 0) is 52.4 Å². The number of fused-ring (bicyclic) bond motifs is 3. The number of aliphatic carboxylic acids is 1. The molecule has 0 radical (unpaired) electrons. The number of carboxylic acids is 1. The molecule has 168 valence electrons. The Balaban J connectivity index is 1.33. The summed E-state index contributed by atoms with van der Waals surface area (Å²) in [5.41, 5.74) is 6.61. The fourth-order valence-corrected chi connectivity index (χ4v) is 5.83. The maximum Gasteiger partial charge on any atom is 0.409 e. The lowest BCUT2D eigenvalue weighted by molar-refractivity contribution is -0.141. The van der Waals surface area contributed by atoms with Crippen molar-refractivity contribution in [2.45, 2.75) is 18.8 Å². The van der Waals surface area contributed by atoms with E-state index in [4.69, 9.17) is 4.74 Å². The van der Waals surface area contributed by atoms with Gasteiger partial charge in [0.1, 0.15) is 6.61 Å². The van der Waals surface area contributed by atoms with E-state index in [1.807, 2.05) is 49.4 Å². The molecule has 3 aromatic rings. The number of hydrogen-bond acceptors (Lipinski definition) is 3. The van der Waals surface area contributed by atoms with E-state index in [1.54, 1.807) is 0 Å². The monoisotopic (exact) mass is 505 g/mol. The van der Waals surface area contributed by atoms with Gasteiger partial charge < -0.3 is 14.7 Å². The molecule has 2 aliphatic rings. The predicted octanol–water partition coefficient (Wildman–Crippen LogP) is 5.81. The standard InChI is InChI=1S/C27H24BrNO4/c1-16-10-17(12-18(28)11-16)23-13-29(14-24(23)26(30)31)27(32)33-15-25-21-8-4-2-6-19(21)20-7-3-5-9-22(20)25/h2-12,23-25H,13-15H2,1H3,(H,30,31)/t23-,24+/m0/s1. The second-order valence-electron chi connectivity index (χ2n) is 8.82. The number of aryl methyl sites for hydroxylation is 1. The van der Waals surface area contributed by atoms with Crippen LogP contribution in [0, 0.1) is 12.8 Å². The van der Waals surface area contributed by atoms with E-state index in [-0.39, 0.29) is 25.0 Å². The van der Waals surface area contributed by atoms with E-state index in [2.05, 4.69) is 40.2 Å². The molecule has 1 fully saturated rings. The van der Waals surface area contributed by atoms with Crippen molar-refractivity contribution in [3.8, 4) is 11.1 Å². The molecule has 0 aromatic heterocycles. The summed E-state index contributed by atoms with van der Waals surface area (Å²) in [5, 5.41) is 9.81. The first-order valence-corrected chi connectivity index (χ1v) is 11.8. The van der Waals surface area contributed by atoms with Crippen molar-refractivity contribution in [2.75, 3.05) is 19.7 Å². The Labute approximate surface area is 201 Å². The van der Waals surface area contributed by atoms with Crippen molar-refractivity contribution in [1.82, 2.24) is 4.90 Å². The summed E-state index contributed by atoms with van der Waals surface area (Å²) in [6.07, 6.45) is -0.461. The first-order valence-electron chi connectivity index (χ1n) is 11.0. The van der Waals surface area contributed by atoms with Gasteiger partial charge in [0.05, 0.1) is 5.92 Å². The molecule has 5 rings (SSSR count). The first-order chi connectivity index (χ1) is 15.9. The minimum absolute atomic E-state index is 0.0252. The lowest BCUT2D eigenvalue weighted by Gasteiger charge is -2.19. The Morgan fingerprint density at radius 3 is 2.24 bits per heavy atom. The van der Waals surface area contributed by atoms with E-state index in [0.717, 1.165) is 26.7 Å². The van der Waals surface area contributed by atoms with Crippen LogP contribution < -0.4 is 0 Å². The summed E-state index contributed by atoms with van der Waals surface area (Å²) in [6, 6.07) is 22.3. The highest BCUT2D eigenvalue weighted by Gasteiger charge is 2.41. The van der Waals surface area contributed by atoms with Crippen molar-refractivity contribution in [2.24, 2.45) is 5.92 Å². The highest BCUT2D eigenvalue weighted by Crippen LogP contribution is 2.44. The number of halogens is 1. The quantitative estimate of drug-likeness (QED) is 0.485. The molecule has 0 bridgehead atoms. The summed E-state index contributed by atoms with van der Waals surface area (Å²) >= 11 is 3.50. The molecule has 0 unspecified atom stereocenters. The number of ether oxygens (including phenoxy) is 1. The molecule has 5 nitrogen and oxygen atoms in total. The van der Waals surface area contributed by atoms with Gasteiger partial charge >= 0.3 is 12.1 Å². The third-order valence-electron chi connectivity index (χ3n) is 6.72. The average Bonchev–Trinajstić information content (AvgIpc) is 3.38. The fraction of sp³-hybridized carbons (Fsp3) is 0.259. The van der Waals surface area contributed by atoms with Crippen molar-refractivity contribution >= 4 is 28.0 Å². The van der Waals surface area contributed by atoms with E-state index >= 15 is 0 Å². The molecular formula is C27H24BrNO4. The van der Waals surface area contributed by atoms with Crippen LogP contribution in [0.25, 0.3) is 11.1 Å². The van der Waals surface area contributed by atoms with Gasteiger partial charge in [-0.25, -0.2) is 4.79 Å². The summed E-state index contributed by atoms with van der Waals surface area (Å²) < 4.78 is 6.67. The number of carboxylic acid groups (broad SMARTS) is 1. The van der Waals surface area contributed by atoms with Crippen LogP contribution in [-0.4, -0.2) is 41.8 Å². The van der Waals surface area contributed by atoms with Crippen LogP contribution in [0.4, 0.5) is 4.79 Å². The van der Waals surface area contributed by atoms with Crippen molar-refractivity contribution < 1.29 is 19.4 Å². The Morgan fingerprint density at radius 2 is 1.64 bits per heavy atom. The third kappa shape index (κ3) is 4.04. The fourth-order valence-electron chi connectivity index (χ4n) is 5.20. The number of likely N-dealkylation sites (tertiary alicyclic amines) is 1. The van der Waals surface area contributed by atoms with Gasteiger partial charge in [0.25, 0.3) is 0 Å². The SMILES string of the molecule is Cc1cc(Br)cc([C@@H]2CN(C(=O)OCC3c4ccccc4-c4ccccc43)C[C@H]2C(=O)O)c1. The van der Waals surface area contributed by atoms with Gasteiger partial charge in [0.2, 0.25) is 0 Å². The van der Waals surface area contributed by atoms with E-state index < -0.39 is 18.0 Å². The molecule has 1 N–H and O–H groups in total. The first kappa shape index (κ1) is 21.7. The van der Waals surface area contributed by atoms with E-state index in [0.29, 0.717) is 6.54 Å².